The van der Waals surface area contributed by atoms with Crippen LogP contribution in [0.1, 0.15) is 52.8 Å². The Kier molecular flexibility index (Phi) is 4.20. The average Bonchev–Trinajstić information content (AvgIpc) is 2.94. The molecule has 0 aliphatic carbocycles. The van der Waals surface area contributed by atoms with Gasteiger partial charge in [-0.05, 0) is 38.4 Å². The summed E-state index contributed by atoms with van der Waals surface area (Å²) >= 11 is 0. The molecule has 6 nitrogen and oxygen atoms in total. The second-order valence-electron chi connectivity index (χ2n) is 5.65. The van der Waals surface area contributed by atoms with E-state index in [0.717, 1.165) is 37.3 Å². The van der Waals surface area contributed by atoms with Crippen LogP contribution in [0.5, 0.6) is 0 Å². The van der Waals surface area contributed by atoms with Crippen molar-refractivity contribution in [1.82, 2.24) is 15.0 Å². The van der Waals surface area contributed by atoms with Gasteiger partial charge in [-0.25, -0.2) is 4.79 Å². The van der Waals surface area contributed by atoms with E-state index in [1.165, 1.54) is 0 Å². The van der Waals surface area contributed by atoms with E-state index >= 15 is 0 Å². The minimum absolute atomic E-state index is 0.162. The smallest absolute Gasteiger partial charge is 0.337 e. The van der Waals surface area contributed by atoms with E-state index in [2.05, 4.69) is 15.0 Å². The maximum absolute atomic E-state index is 11.3. The van der Waals surface area contributed by atoms with Crippen LogP contribution in [0.2, 0.25) is 0 Å². The molecule has 3 heterocycles. The van der Waals surface area contributed by atoms with Gasteiger partial charge in [-0.1, -0.05) is 11.6 Å². The van der Waals surface area contributed by atoms with Crippen molar-refractivity contribution >= 4 is 5.97 Å². The highest BCUT2D eigenvalue weighted by Crippen LogP contribution is 2.31. The maximum Gasteiger partial charge on any atom is 0.337 e. The molecular weight excluding hydrogens is 282 g/mol. The van der Waals surface area contributed by atoms with Crippen LogP contribution in [0.25, 0.3) is 0 Å². The number of hydrogen-bond donors (Lipinski definition) is 1. The van der Waals surface area contributed by atoms with Crippen LogP contribution in [0.4, 0.5) is 0 Å². The molecule has 1 aliphatic heterocycles. The molecule has 0 bridgehead atoms. The van der Waals surface area contributed by atoms with E-state index in [-0.39, 0.29) is 11.6 Å². The lowest BCUT2D eigenvalue weighted by molar-refractivity contribution is 0.0690. The standard InChI is InChI=1S/C16H19N3O3/c1-11-9-13(18-22-11)15-6-2-3-8-19(15)10-14-12(16(20)21)5-4-7-17-14/h4-5,7,9,15H,2-3,6,8,10H2,1H3,(H,20,21). The third-order valence-corrected chi connectivity index (χ3v) is 4.07. The molecule has 0 saturated carbocycles. The minimum Gasteiger partial charge on any atom is -0.478 e. The first-order valence-electron chi connectivity index (χ1n) is 7.49. The summed E-state index contributed by atoms with van der Waals surface area (Å²) in [6, 6.07) is 5.38. The van der Waals surface area contributed by atoms with Crippen LogP contribution >= 0.6 is 0 Å². The van der Waals surface area contributed by atoms with E-state index in [1.54, 1.807) is 18.3 Å². The van der Waals surface area contributed by atoms with Crippen LogP contribution in [0.15, 0.2) is 28.9 Å². The summed E-state index contributed by atoms with van der Waals surface area (Å²) in [4.78, 5) is 17.8. The van der Waals surface area contributed by atoms with Crippen molar-refractivity contribution in [2.24, 2.45) is 0 Å². The monoisotopic (exact) mass is 301 g/mol. The molecular formula is C16H19N3O3. The first-order valence-corrected chi connectivity index (χ1v) is 7.49. The highest BCUT2D eigenvalue weighted by molar-refractivity contribution is 5.88. The molecule has 0 radical (unpaired) electrons. The zero-order valence-corrected chi connectivity index (χ0v) is 12.5. The summed E-state index contributed by atoms with van der Waals surface area (Å²) in [7, 11) is 0. The second kappa shape index (κ2) is 6.27. The van der Waals surface area contributed by atoms with Gasteiger partial charge >= 0.3 is 5.97 Å². The molecule has 3 rings (SSSR count). The first kappa shape index (κ1) is 14.7. The highest BCUT2D eigenvalue weighted by Gasteiger charge is 2.27. The van der Waals surface area contributed by atoms with Gasteiger partial charge in [0.25, 0.3) is 0 Å². The number of carboxylic acid groups (broad SMARTS) is 1. The Bertz CT molecular complexity index is 668. The number of aromatic nitrogens is 2. The van der Waals surface area contributed by atoms with Crippen molar-refractivity contribution in [2.75, 3.05) is 6.54 Å². The molecule has 0 aromatic carbocycles. The van der Waals surface area contributed by atoms with Crippen LogP contribution in [-0.4, -0.2) is 32.7 Å². The zero-order chi connectivity index (χ0) is 15.5. The molecule has 1 unspecified atom stereocenters. The topological polar surface area (TPSA) is 79.5 Å². The number of aromatic carboxylic acids is 1. The predicted octanol–water partition coefficient (Wildman–Crippen LogP) is 2.80. The number of rotatable bonds is 4. The molecule has 1 N–H and O–H groups in total. The highest BCUT2D eigenvalue weighted by atomic mass is 16.5. The Balaban J connectivity index is 1.84. The summed E-state index contributed by atoms with van der Waals surface area (Å²) < 4.78 is 5.19. The fourth-order valence-electron chi connectivity index (χ4n) is 3.01. The predicted molar refractivity (Wildman–Crippen MR) is 79.4 cm³/mol. The summed E-state index contributed by atoms with van der Waals surface area (Å²) in [5.74, 6) is -0.140. The van der Waals surface area contributed by atoms with E-state index in [0.29, 0.717) is 12.2 Å². The summed E-state index contributed by atoms with van der Waals surface area (Å²) in [6.45, 7) is 3.30. The summed E-state index contributed by atoms with van der Waals surface area (Å²) in [6.07, 6.45) is 4.88. The van der Waals surface area contributed by atoms with Crippen molar-refractivity contribution in [1.29, 1.82) is 0 Å². The number of carbonyl (C=O) groups is 1. The van der Waals surface area contributed by atoms with Gasteiger partial charge in [0.2, 0.25) is 0 Å². The Morgan fingerprint density at radius 3 is 3.09 bits per heavy atom. The van der Waals surface area contributed by atoms with Gasteiger partial charge in [0, 0.05) is 18.8 Å². The number of carboxylic acids is 1. The van der Waals surface area contributed by atoms with E-state index in [4.69, 9.17) is 4.52 Å². The third kappa shape index (κ3) is 3.01. The van der Waals surface area contributed by atoms with Gasteiger partial charge < -0.3 is 9.63 Å². The van der Waals surface area contributed by atoms with Gasteiger partial charge in [0.05, 0.1) is 17.3 Å². The number of hydrogen-bond acceptors (Lipinski definition) is 5. The minimum atomic E-state index is -0.936. The molecule has 1 saturated heterocycles. The molecule has 1 atom stereocenters. The Hall–Kier alpha value is -2.21. The second-order valence-corrected chi connectivity index (χ2v) is 5.65. The molecule has 116 valence electrons. The number of likely N-dealkylation sites (tertiary alicyclic amines) is 1. The number of aryl methyl sites for hydroxylation is 1. The van der Waals surface area contributed by atoms with Crippen molar-refractivity contribution in [2.45, 2.75) is 38.8 Å². The zero-order valence-electron chi connectivity index (χ0n) is 12.5. The van der Waals surface area contributed by atoms with E-state index in [1.807, 2.05) is 13.0 Å². The van der Waals surface area contributed by atoms with Crippen LogP contribution in [0.3, 0.4) is 0 Å². The molecule has 1 fully saturated rings. The number of pyridine rings is 1. The van der Waals surface area contributed by atoms with Gasteiger partial charge in [0.15, 0.2) is 0 Å². The van der Waals surface area contributed by atoms with Crippen molar-refractivity contribution < 1.29 is 14.4 Å². The van der Waals surface area contributed by atoms with Crippen molar-refractivity contribution in [3.63, 3.8) is 0 Å². The van der Waals surface area contributed by atoms with Gasteiger partial charge in [-0.15, -0.1) is 0 Å². The lowest BCUT2D eigenvalue weighted by atomic mass is 9.98. The summed E-state index contributed by atoms with van der Waals surface area (Å²) in [5.41, 5.74) is 1.79. The van der Waals surface area contributed by atoms with Crippen molar-refractivity contribution in [3.05, 3.63) is 47.1 Å². The molecule has 2 aromatic rings. The Labute approximate surface area is 128 Å². The average molecular weight is 301 g/mol. The number of nitrogens with zero attached hydrogens (tertiary/aromatic N) is 3. The fourth-order valence-corrected chi connectivity index (χ4v) is 3.01. The van der Waals surface area contributed by atoms with E-state index in [9.17, 15) is 9.90 Å². The lowest BCUT2D eigenvalue weighted by Crippen LogP contribution is -2.34. The largest absolute Gasteiger partial charge is 0.478 e. The molecule has 6 heteroatoms. The third-order valence-electron chi connectivity index (χ3n) is 4.07. The quantitative estimate of drug-likeness (QED) is 0.935. The Morgan fingerprint density at radius 2 is 2.36 bits per heavy atom. The van der Waals surface area contributed by atoms with Crippen LogP contribution in [0, 0.1) is 6.92 Å². The normalized spacial score (nSPS) is 19.2. The van der Waals surface area contributed by atoms with E-state index < -0.39 is 5.97 Å². The van der Waals surface area contributed by atoms with Crippen molar-refractivity contribution in [3.8, 4) is 0 Å². The van der Waals surface area contributed by atoms with Gasteiger partial charge in [0.1, 0.15) is 11.5 Å². The number of piperidine rings is 1. The van der Waals surface area contributed by atoms with Crippen LogP contribution < -0.4 is 0 Å². The van der Waals surface area contributed by atoms with Gasteiger partial charge in [-0.2, -0.15) is 0 Å². The molecule has 2 aromatic heterocycles. The molecule has 1 aliphatic rings. The molecule has 0 spiro atoms. The molecule has 0 amide bonds. The fraction of sp³-hybridized carbons (Fsp3) is 0.438. The van der Waals surface area contributed by atoms with Crippen LogP contribution in [-0.2, 0) is 6.54 Å². The lowest BCUT2D eigenvalue weighted by Gasteiger charge is -2.34. The van der Waals surface area contributed by atoms with Gasteiger partial charge in [-0.3, -0.25) is 9.88 Å². The first-order chi connectivity index (χ1) is 10.6. The molecule has 22 heavy (non-hydrogen) atoms. The maximum atomic E-state index is 11.3. The SMILES string of the molecule is Cc1cc(C2CCCCN2Cc2ncccc2C(=O)O)no1. The summed E-state index contributed by atoms with van der Waals surface area (Å²) in [5, 5.41) is 13.4. The Morgan fingerprint density at radius 1 is 1.50 bits per heavy atom.